The summed E-state index contributed by atoms with van der Waals surface area (Å²) in [7, 11) is -3.25. The summed E-state index contributed by atoms with van der Waals surface area (Å²) in [6, 6.07) is -0.220. The molecule has 1 aromatic rings. The van der Waals surface area contributed by atoms with Crippen molar-refractivity contribution in [1.82, 2.24) is 15.0 Å². The molecule has 0 amide bonds. The molecular formula is C12H23N3O2S2. The molecule has 1 atom stereocenters. The van der Waals surface area contributed by atoms with E-state index in [4.69, 9.17) is 0 Å². The van der Waals surface area contributed by atoms with Gasteiger partial charge in [0.25, 0.3) is 0 Å². The van der Waals surface area contributed by atoms with E-state index in [1.165, 1.54) is 0 Å². The molecule has 1 unspecified atom stereocenters. The lowest BCUT2D eigenvalue weighted by atomic mass is 10.2. The fourth-order valence-electron chi connectivity index (χ4n) is 1.84. The molecule has 1 heterocycles. The number of rotatable bonds is 8. The minimum Gasteiger partial charge on any atom is -0.316 e. The molecule has 19 heavy (non-hydrogen) atoms. The van der Waals surface area contributed by atoms with E-state index in [1.54, 1.807) is 11.3 Å². The van der Waals surface area contributed by atoms with Gasteiger partial charge in [-0.1, -0.05) is 6.92 Å². The molecule has 0 fully saturated rings. The lowest BCUT2D eigenvalue weighted by Gasteiger charge is -2.13. The van der Waals surface area contributed by atoms with Crippen LogP contribution in [0.1, 0.15) is 41.9 Å². The maximum Gasteiger partial charge on any atom is 0.213 e. The Labute approximate surface area is 119 Å². The highest BCUT2D eigenvalue weighted by molar-refractivity contribution is 7.89. The van der Waals surface area contributed by atoms with E-state index in [0.717, 1.165) is 28.5 Å². The van der Waals surface area contributed by atoms with Gasteiger partial charge in [-0.3, -0.25) is 0 Å². The van der Waals surface area contributed by atoms with E-state index in [2.05, 4.69) is 21.9 Å². The average Bonchev–Trinajstić information content (AvgIpc) is 2.63. The van der Waals surface area contributed by atoms with Gasteiger partial charge in [-0.25, -0.2) is 18.1 Å². The van der Waals surface area contributed by atoms with Crippen LogP contribution in [0.25, 0.3) is 0 Å². The van der Waals surface area contributed by atoms with Gasteiger partial charge in [-0.15, -0.1) is 11.3 Å². The van der Waals surface area contributed by atoms with Crippen molar-refractivity contribution in [3.05, 3.63) is 15.6 Å². The number of sulfonamides is 1. The minimum atomic E-state index is -3.25. The Morgan fingerprint density at radius 3 is 2.53 bits per heavy atom. The van der Waals surface area contributed by atoms with Gasteiger partial charge < -0.3 is 5.32 Å². The van der Waals surface area contributed by atoms with E-state index in [9.17, 15) is 8.42 Å². The molecule has 0 aliphatic heterocycles. The topological polar surface area (TPSA) is 71.1 Å². The van der Waals surface area contributed by atoms with Crippen LogP contribution in [0.15, 0.2) is 0 Å². The molecule has 0 aliphatic carbocycles. The maximum atomic E-state index is 11.9. The fraction of sp³-hybridized carbons (Fsp3) is 0.750. The highest BCUT2D eigenvalue weighted by atomic mass is 32.2. The largest absolute Gasteiger partial charge is 0.316 e. The molecule has 0 saturated carbocycles. The fourth-order valence-corrected chi connectivity index (χ4v) is 4.03. The Kier molecular flexibility index (Phi) is 6.38. The number of aryl methyl sites for hydroxylation is 2. The first kappa shape index (κ1) is 16.6. The van der Waals surface area contributed by atoms with Crippen molar-refractivity contribution < 1.29 is 8.42 Å². The SMILES string of the molecule is CCCNCCS(=O)(=O)NC(C)c1sc(C)nc1C. The Morgan fingerprint density at radius 2 is 2.00 bits per heavy atom. The quantitative estimate of drug-likeness (QED) is 0.718. The molecule has 1 rings (SSSR count). The zero-order valence-electron chi connectivity index (χ0n) is 12.0. The lowest BCUT2D eigenvalue weighted by Crippen LogP contribution is -2.33. The number of thiazole rings is 1. The normalized spacial score (nSPS) is 13.7. The molecule has 1 aromatic heterocycles. The van der Waals surface area contributed by atoms with E-state index in [-0.39, 0.29) is 11.8 Å². The average molecular weight is 305 g/mol. The van der Waals surface area contributed by atoms with Gasteiger partial charge in [-0.2, -0.15) is 0 Å². The van der Waals surface area contributed by atoms with Crippen LogP contribution in [-0.2, 0) is 10.0 Å². The van der Waals surface area contributed by atoms with Crippen LogP contribution >= 0.6 is 11.3 Å². The number of nitrogens with zero attached hydrogens (tertiary/aromatic N) is 1. The van der Waals surface area contributed by atoms with Crippen molar-refractivity contribution in [3.63, 3.8) is 0 Å². The summed E-state index contributed by atoms with van der Waals surface area (Å²) in [6.07, 6.45) is 1.00. The first-order chi connectivity index (χ1) is 8.85. The summed E-state index contributed by atoms with van der Waals surface area (Å²) in [5.74, 6) is 0.105. The third kappa shape index (κ3) is 5.56. The van der Waals surface area contributed by atoms with Crippen LogP contribution in [0.5, 0.6) is 0 Å². The molecule has 2 N–H and O–H groups in total. The van der Waals surface area contributed by atoms with Gasteiger partial charge >= 0.3 is 0 Å². The van der Waals surface area contributed by atoms with Crippen molar-refractivity contribution in [1.29, 1.82) is 0 Å². The van der Waals surface area contributed by atoms with Gasteiger partial charge in [0, 0.05) is 11.4 Å². The summed E-state index contributed by atoms with van der Waals surface area (Å²) in [6.45, 7) is 9.08. The molecular weight excluding hydrogens is 282 g/mol. The second-order valence-corrected chi connectivity index (χ2v) is 7.70. The predicted molar refractivity (Wildman–Crippen MR) is 80.1 cm³/mol. The van der Waals surface area contributed by atoms with E-state index < -0.39 is 10.0 Å². The van der Waals surface area contributed by atoms with Gasteiger partial charge in [0.05, 0.1) is 22.5 Å². The summed E-state index contributed by atoms with van der Waals surface area (Å²) in [5, 5.41) is 4.05. The zero-order chi connectivity index (χ0) is 14.5. The van der Waals surface area contributed by atoms with Crippen LogP contribution in [0.3, 0.4) is 0 Å². The van der Waals surface area contributed by atoms with Crippen LogP contribution in [-0.4, -0.2) is 32.2 Å². The van der Waals surface area contributed by atoms with Crippen LogP contribution in [0.4, 0.5) is 0 Å². The third-order valence-electron chi connectivity index (χ3n) is 2.66. The van der Waals surface area contributed by atoms with Crippen molar-refractivity contribution in [2.75, 3.05) is 18.8 Å². The summed E-state index contributed by atoms with van der Waals surface area (Å²) < 4.78 is 26.6. The molecule has 7 heteroatoms. The lowest BCUT2D eigenvalue weighted by molar-refractivity contribution is 0.563. The molecule has 110 valence electrons. The Morgan fingerprint density at radius 1 is 1.32 bits per heavy atom. The van der Waals surface area contributed by atoms with E-state index in [0.29, 0.717) is 6.54 Å². The van der Waals surface area contributed by atoms with Crippen LogP contribution in [0.2, 0.25) is 0 Å². The monoisotopic (exact) mass is 305 g/mol. The summed E-state index contributed by atoms with van der Waals surface area (Å²) in [5.41, 5.74) is 0.904. The minimum absolute atomic E-state index is 0.105. The second kappa shape index (κ2) is 7.33. The summed E-state index contributed by atoms with van der Waals surface area (Å²) in [4.78, 5) is 5.31. The molecule has 0 aliphatic rings. The molecule has 5 nitrogen and oxygen atoms in total. The van der Waals surface area contributed by atoms with Crippen molar-refractivity contribution in [2.45, 2.75) is 40.2 Å². The van der Waals surface area contributed by atoms with Gasteiger partial charge in [0.15, 0.2) is 0 Å². The van der Waals surface area contributed by atoms with Gasteiger partial charge in [-0.05, 0) is 33.7 Å². The number of nitrogens with one attached hydrogen (secondary N) is 2. The molecule has 0 bridgehead atoms. The van der Waals surface area contributed by atoms with Crippen LogP contribution in [0, 0.1) is 13.8 Å². The number of hydrogen-bond donors (Lipinski definition) is 2. The first-order valence-corrected chi connectivity index (χ1v) is 8.97. The highest BCUT2D eigenvalue weighted by Gasteiger charge is 2.19. The number of hydrogen-bond acceptors (Lipinski definition) is 5. The predicted octanol–water partition coefficient (Wildman–Crippen LogP) is 1.74. The third-order valence-corrected chi connectivity index (χ3v) is 5.37. The smallest absolute Gasteiger partial charge is 0.213 e. The molecule has 0 aromatic carbocycles. The van der Waals surface area contributed by atoms with Crippen molar-refractivity contribution in [2.24, 2.45) is 0 Å². The van der Waals surface area contributed by atoms with Gasteiger partial charge in [0.2, 0.25) is 10.0 Å². The summed E-state index contributed by atoms with van der Waals surface area (Å²) >= 11 is 1.54. The van der Waals surface area contributed by atoms with Crippen molar-refractivity contribution >= 4 is 21.4 Å². The highest BCUT2D eigenvalue weighted by Crippen LogP contribution is 2.24. The van der Waals surface area contributed by atoms with Gasteiger partial charge in [0.1, 0.15) is 0 Å². The van der Waals surface area contributed by atoms with E-state index >= 15 is 0 Å². The Bertz CT molecular complexity index is 497. The molecule has 0 saturated heterocycles. The van der Waals surface area contributed by atoms with Crippen LogP contribution < -0.4 is 10.0 Å². The Hall–Kier alpha value is -0.500. The Balaban J connectivity index is 2.55. The maximum absolute atomic E-state index is 11.9. The standard InChI is InChI=1S/C12H23N3O2S2/c1-5-6-13-7-8-19(16,17)15-10(3)12-9(2)14-11(4)18-12/h10,13,15H,5-8H2,1-4H3. The van der Waals surface area contributed by atoms with Crippen molar-refractivity contribution in [3.8, 4) is 0 Å². The first-order valence-electron chi connectivity index (χ1n) is 6.50. The zero-order valence-corrected chi connectivity index (χ0v) is 13.6. The molecule has 0 radical (unpaired) electrons. The second-order valence-electron chi connectivity index (χ2n) is 4.59. The molecule has 0 spiro atoms. The van der Waals surface area contributed by atoms with E-state index in [1.807, 2.05) is 20.8 Å². The number of aromatic nitrogens is 1.